The van der Waals surface area contributed by atoms with Gasteiger partial charge in [-0.1, -0.05) is 17.9 Å². The number of rotatable bonds is 2. The van der Waals surface area contributed by atoms with Gasteiger partial charge in [0.15, 0.2) is 0 Å². The number of carbonyl (C=O) groups is 1. The maximum Gasteiger partial charge on any atom is 0.256 e. The minimum Gasteiger partial charge on any atom is -0.365 e. The van der Waals surface area contributed by atoms with Gasteiger partial charge in [-0.2, -0.15) is 0 Å². The Labute approximate surface area is 119 Å². The highest BCUT2D eigenvalue weighted by atomic mass is 16.5. The molecule has 0 aromatic heterocycles. The molecule has 1 aromatic carbocycles. The van der Waals surface area contributed by atoms with Crippen molar-refractivity contribution in [2.75, 3.05) is 18.5 Å². The normalized spacial score (nSPS) is 21.1. The summed E-state index contributed by atoms with van der Waals surface area (Å²) < 4.78 is 5.56. The van der Waals surface area contributed by atoms with Crippen LogP contribution in [0.3, 0.4) is 0 Å². The molecule has 20 heavy (non-hydrogen) atoms. The van der Waals surface area contributed by atoms with Crippen LogP contribution in [0.25, 0.3) is 0 Å². The van der Waals surface area contributed by atoms with E-state index in [-0.39, 0.29) is 5.91 Å². The Balaban J connectivity index is 2.23. The Kier molecular flexibility index (Phi) is 4.43. The molecule has 1 saturated heterocycles. The predicted octanol–water partition coefficient (Wildman–Crippen LogP) is 1.81. The van der Waals surface area contributed by atoms with E-state index in [0.29, 0.717) is 18.8 Å². The lowest BCUT2D eigenvalue weighted by molar-refractivity contribution is -0.133. The summed E-state index contributed by atoms with van der Waals surface area (Å²) in [4.78, 5) is 12.4. The van der Waals surface area contributed by atoms with Crippen LogP contribution in [-0.4, -0.2) is 24.7 Å². The molecule has 1 amide bonds. The minimum absolute atomic E-state index is 0.114. The molecule has 0 bridgehead atoms. The molecule has 1 aliphatic rings. The van der Waals surface area contributed by atoms with E-state index in [4.69, 9.17) is 10.5 Å². The van der Waals surface area contributed by atoms with Crippen LogP contribution in [0, 0.1) is 18.8 Å². The molecule has 0 aliphatic carbocycles. The molecule has 1 aliphatic heterocycles. The summed E-state index contributed by atoms with van der Waals surface area (Å²) in [5.74, 6) is 5.68. The van der Waals surface area contributed by atoms with Gasteiger partial charge in [-0.15, -0.1) is 0 Å². The van der Waals surface area contributed by atoms with Crippen molar-refractivity contribution in [1.82, 2.24) is 0 Å². The van der Waals surface area contributed by atoms with Crippen molar-refractivity contribution >= 4 is 11.6 Å². The van der Waals surface area contributed by atoms with Crippen molar-refractivity contribution in [2.24, 2.45) is 5.73 Å². The number of carbonyl (C=O) groups excluding carboxylic acids is 1. The predicted molar refractivity (Wildman–Crippen MR) is 79.3 cm³/mol. The average molecular weight is 272 g/mol. The van der Waals surface area contributed by atoms with Gasteiger partial charge in [0.2, 0.25) is 0 Å². The highest BCUT2D eigenvalue weighted by Crippen LogP contribution is 2.27. The van der Waals surface area contributed by atoms with Crippen LogP contribution in [-0.2, 0) is 9.53 Å². The van der Waals surface area contributed by atoms with Crippen LogP contribution < -0.4 is 11.1 Å². The van der Waals surface area contributed by atoms with Gasteiger partial charge >= 0.3 is 0 Å². The molecule has 4 heteroatoms. The van der Waals surface area contributed by atoms with E-state index >= 15 is 0 Å². The molecule has 1 unspecified atom stereocenters. The van der Waals surface area contributed by atoms with Gasteiger partial charge in [-0.3, -0.25) is 4.79 Å². The van der Waals surface area contributed by atoms with Crippen molar-refractivity contribution in [3.8, 4) is 11.8 Å². The van der Waals surface area contributed by atoms with Gasteiger partial charge in [0.1, 0.15) is 5.60 Å². The maximum atomic E-state index is 12.4. The molecule has 0 radical (unpaired) electrons. The number of nitrogens with two attached hydrogens (primary N) is 1. The van der Waals surface area contributed by atoms with Crippen molar-refractivity contribution in [3.63, 3.8) is 0 Å². The standard InChI is InChI=1S/C16H20N2O2/c1-12-6-7-13(5-3-9-17)14(11-12)18-15(19)16(2)8-4-10-20-16/h6-7,11H,4,8-10,17H2,1-2H3,(H,18,19). The first kappa shape index (κ1) is 14.6. The van der Waals surface area contributed by atoms with Crippen LogP contribution in [0.2, 0.25) is 0 Å². The van der Waals surface area contributed by atoms with Crippen LogP contribution in [0.4, 0.5) is 5.69 Å². The first-order valence-electron chi connectivity index (χ1n) is 6.80. The van der Waals surface area contributed by atoms with E-state index < -0.39 is 5.60 Å². The topological polar surface area (TPSA) is 64.3 Å². The Bertz CT molecular complexity index is 564. The molecule has 0 saturated carbocycles. The molecular formula is C16H20N2O2. The summed E-state index contributed by atoms with van der Waals surface area (Å²) in [5, 5.41) is 2.94. The van der Waals surface area contributed by atoms with Crippen molar-refractivity contribution in [2.45, 2.75) is 32.3 Å². The second kappa shape index (κ2) is 6.08. The molecule has 1 heterocycles. The van der Waals surface area contributed by atoms with E-state index in [1.807, 2.05) is 32.0 Å². The average Bonchev–Trinajstić information content (AvgIpc) is 2.86. The molecule has 3 N–H and O–H groups in total. The second-order valence-corrected chi connectivity index (χ2v) is 5.19. The Morgan fingerprint density at radius 2 is 2.35 bits per heavy atom. The first-order valence-corrected chi connectivity index (χ1v) is 6.80. The quantitative estimate of drug-likeness (QED) is 0.807. The van der Waals surface area contributed by atoms with E-state index in [0.717, 1.165) is 24.0 Å². The van der Waals surface area contributed by atoms with Gasteiger partial charge in [-0.25, -0.2) is 0 Å². The molecule has 1 aromatic rings. The van der Waals surface area contributed by atoms with E-state index in [2.05, 4.69) is 17.2 Å². The SMILES string of the molecule is Cc1ccc(C#CCN)c(NC(=O)C2(C)CCCO2)c1. The largest absolute Gasteiger partial charge is 0.365 e. The zero-order valence-corrected chi connectivity index (χ0v) is 12.0. The summed E-state index contributed by atoms with van der Waals surface area (Å²) in [6.45, 7) is 4.74. The fourth-order valence-electron chi connectivity index (χ4n) is 2.23. The molecule has 2 rings (SSSR count). The lowest BCUT2D eigenvalue weighted by Crippen LogP contribution is -2.39. The number of nitrogens with one attached hydrogen (secondary N) is 1. The zero-order chi connectivity index (χ0) is 14.6. The molecular weight excluding hydrogens is 252 g/mol. The number of ether oxygens (including phenoxy) is 1. The summed E-state index contributed by atoms with van der Waals surface area (Å²) in [6, 6.07) is 5.77. The number of hydrogen-bond acceptors (Lipinski definition) is 3. The smallest absolute Gasteiger partial charge is 0.256 e. The van der Waals surface area contributed by atoms with Gasteiger partial charge < -0.3 is 15.8 Å². The van der Waals surface area contributed by atoms with Gasteiger partial charge in [0.05, 0.1) is 12.2 Å². The third-order valence-electron chi connectivity index (χ3n) is 3.45. The van der Waals surface area contributed by atoms with Crippen LogP contribution in [0.15, 0.2) is 18.2 Å². The maximum absolute atomic E-state index is 12.4. The van der Waals surface area contributed by atoms with Gasteiger partial charge in [0.25, 0.3) is 5.91 Å². The Hall–Kier alpha value is -1.83. The second-order valence-electron chi connectivity index (χ2n) is 5.19. The number of hydrogen-bond donors (Lipinski definition) is 2. The fourth-order valence-corrected chi connectivity index (χ4v) is 2.23. The number of anilines is 1. The molecule has 1 atom stereocenters. The van der Waals surface area contributed by atoms with Crippen molar-refractivity contribution in [1.29, 1.82) is 0 Å². The van der Waals surface area contributed by atoms with Crippen LogP contribution in [0.1, 0.15) is 30.9 Å². The van der Waals surface area contributed by atoms with Gasteiger partial charge in [-0.05, 0) is 44.4 Å². The van der Waals surface area contributed by atoms with Gasteiger partial charge in [0, 0.05) is 12.2 Å². The number of amides is 1. The van der Waals surface area contributed by atoms with Crippen LogP contribution in [0.5, 0.6) is 0 Å². The lowest BCUT2D eigenvalue weighted by Gasteiger charge is -2.22. The third-order valence-corrected chi connectivity index (χ3v) is 3.45. The summed E-state index contributed by atoms with van der Waals surface area (Å²) in [7, 11) is 0. The molecule has 4 nitrogen and oxygen atoms in total. The molecule has 1 fully saturated rings. The van der Waals surface area contributed by atoms with E-state index in [1.165, 1.54) is 0 Å². The summed E-state index contributed by atoms with van der Waals surface area (Å²) in [5.41, 5.74) is 7.22. The summed E-state index contributed by atoms with van der Waals surface area (Å²) in [6.07, 6.45) is 1.66. The van der Waals surface area contributed by atoms with E-state index in [9.17, 15) is 4.79 Å². The summed E-state index contributed by atoms with van der Waals surface area (Å²) >= 11 is 0. The first-order chi connectivity index (χ1) is 9.55. The Morgan fingerprint density at radius 3 is 3.00 bits per heavy atom. The highest BCUT2D eigenvalue weighted by molar-refractivity contribution is 5.98. The zero-order valence-electron chi connectivity index (χ0n) is 12.0. The number of benzene rings is 1. The third kappa shape index (κ3) is 3.19. The lowest BCUT2D eigenvalue weighted by atomic mass is 10.0. The van der Waals surface area contributed by atoms with Crippen molar-refractivity contribution < 1.29 is 9.53 Å². The fraction of sp³-hybridized carbons (Fsp3) is 0.438. The Morgan fingerprint density at radius 1 is 1.55 bits per heavy atom. The number of aryl methyl sites for hydroxylation is 1. The van der Waals surface area contributed by atoms with E-state index in [1.54, 1.807) is 0 Å². The monoisotopic (exact) mass is 272 g/mol. The highest BCUT2D eigenvalue weighted by Gasteiger charge is 2.37. The molecule has 0 spiro atoms. The molecule has 106 valence electrons. The van der Waals surface area contributed by atoms with Crippen molar-refractivity contribution in [3.05, 3.63) is 29.3 Å². The van der Waals surface area contributed by atoms with Crippen LogP contribution >= 0.6 is 0 Å². The minimum atomic E-state index is -0.734.